The van der Waals surface area contributed by atoms with Crippen molar-refractivity contribution in [3.63, 3.8) is 0 Å². The molecule has 0 saturated heterocycles. The average molecular weight is 537 g/mol. The molecule has 0 aliphatic carbocycles. The Labute approximate surface area is 204 Å². The van der Waals surface area contributed by atoms with Crippen molar-refractivity contribution in [3.8, 4) is 0 Å². The van der Waals surface area contributed by atoms with Gasteiger partial charge in [0.05, 0.1) is 0 Å². The van der Waals surface area contributed by atoms with Crippen LogP contribution in [-0.4, -0.2) is 65.1 Å². The number of anilines is 1. The molecule has 31 heavy (non-hydrogen) atoms. The molecular weight excluding hydrogens is 501 g/mol. The van der Waals surface area contributed by atoms with Gasteiger partial charge in [-0.25, -0.2) is 0 Å². The second-order valence-corrected chi connectivity index (χ2v) is 7.74. The summed E-state index contributed by atoms with van der Waals surface area (Å²) < 4.78 is 0. The number of carbonyl (C=O) groups is 1. The highest BCUT2D eigenvalue weighted by molar-refractivity contribution is 14.0. The summed E-state index contributed by atoms with van der Waals surface area (Å²) in [6.45, 7) is 1.62. The average Bonchev–Trinajstić information content (AvgIpc) is 2.75. The topological polar surface area (TPSA) is 60.0 Å². The van der Waals surface area contributed by atoms with E-state index in [1.54, 1.807) is 26.0 Å². The van der Waals surface area contributed by atoms with E-state index in [4.69, 9.17) is 0 Å². The first-order chi connectivity index (χ1) is 14.4. The van der Waals surface area contributed by atoms with E-state index in [0.717, 1.165) is 49.4 Å². The van der Waals surface area contributed by atoms with E-state index in [1.807, 2.05) is 24.3 Å². The van der Waals surface area contributed by atoms with Gasteiger partial charge in [0.15, 0.2) is 5.96 Å². The van der Waals surface area contributed by atoms with Crippen LogP contribution in [0.5, 0.6) is 0 Å². The predicted molar refractivity (Wildman–Crippen MR) is 142 cm³/mol. The highest BCUT2D eigenvalue weighted by Gasteiger charge is 2.08. The van der Waals surface area contributed by atoms with E-state index in [2.05, 4.69) is 58.9 Å². The lowest BCUT2D eigenvalue weighted by Crippen LogP contribution is -2.38. The first-order valence-corrected chi connectivity index (χ1v) is 10.4. The normalized spacial score (nSPS) is 10.8. The molecule has 0 aromatic heterocycles. The molecule has 6 nitrogen and oxygen atoms in total. The van der Waals surface area contributed by atoms with Crippen molar-refractivity contribution in [1.82, 2.24) is 15.5 Å². The van der Waals surface area contributed by atoms with Gasteiger partial charge in [-0.3, -0.25) is 9.79 Å². The summed E-state index contributed by atoms with van der Waals surface area (Å²) in [6.07, 6.45) is 2.90. The van der Waals surface area contributed by atoms with Crippen molar-refractivity contribution in [1.29, 1.82) is 0 Å². The molecule has 0 aliphatic heterocycles. The van der Waals surface area contributed by atoms with E-state index < -0.39 is 0 Å². The van der Waals surface area contributed by atoms with Crippen molar-refractivity contribution in [2.24, 2.45) is 4.99 Å². The minimum atomic E-state index is 0. The van der Waals surface area contributed by atoms with E-state index in [1.165, 1.54) is 11.3 Å². The highest BCUT2D eigenvalue weighted by Crippen LogP contribution is 2.13. The van der Waals surface area contributed by atoms with Gasteiger partial charge in [-0.05, 0) is 54.7 Å². The fraction of sp³-hybridized carbons (Fsp3) is 0.417. The number of benzene rings is 2. The molecule has 0 heterocycles. The monoisotopic (exact) mass is 537 g/mol. The van der Waals surface area contributed by atoms with Gasteiger partial charge < -0.3 is 20.4 Å². The van der Waals surface area contributed by atoms with Crippen LogP contribution in [-0.2, 0) is 12.8 Å². The van der Waals surface area contributed by atoms with Gasteiger partial charge in [0.25, 0.3) is 5.91 Å². The summed E-state index contributed by atoms with van der Waals surface area (Å²) in [5.74, 6) is 0.831. The molecular formula is C24H36IN5O. The zero-order chi connectivity index (χ0) is 21.9. The third-order valence-corrected chi connectivity index (χ3v) is 4.90. The molecule has 170 valence electrons. The Balaban J connectivity index is 0.00000480. The van der Waals surface area contributed by atoms with Crippen molar-refractivity contribution in [2.75, 3.05) is 53.2 Å². The van der Waals surface area contributed by atoms with Crippen LogP contribution in [0.1, 0.15) is 27.9 Å². The van der Waals surface area contributed by atoms with E-state index in [-0.39, 0.29) is 29.9 Å². The quantitative estimate of drug-likeness (QED) is 0.223. The van der Waals surface area contributed by atoms with Crippen LogP contribution >= 0.6 is 24.0 Å². The fourth-order valence-corrected chi connectivity index (χ4v) is 3.12. The van der Waals surface area contributed by atoms with Crippen LogP contribution in [0.25, 0.3) is 0 Å². The molecule has 2 aromatic rings. The molecule has 2 rings (SSSR count). The number of nitrogens with zero attached hydrogens (tertiary/aromatic N) is 3. The van der Waals surface area contributed by atoms with Gasteiger partial charge in [-0.15, -0.1) is 24.0 Å². The largest absolute Gasteiger partial charge is 0.378 e. The van der Waals surface area contributed by atoms with Crippen LogP contribution in [0.4, 0.5) is 5.69 Å². The number of aryl methyl sites for hydroxylation is 1. The molecule has 1 amide bonds. The summed E-state index contributed by atoms with van der Waals surface area (Å²) in [5, 5.41) is 6.72. The second-order valence-electron chi connectivity index (χ2n) is 7.74. The molecule has 0 atom stereocenters. The standard InChI is InChI=1S/C24H35N5O.HI/c1-25-24(26-16-7-9-19-11-13-22(14-12-19)28(2)3)27-17-15-20-8-6-10-21(18-20)23(30)29(4)5;/h6,8,10-14,18H,7,9,15-17H2,1-5H3,(H2,25,26,27);1H. The van der Waals surface area contributed by atoms with Crippen LogP contribution in [0, 0.1) is 0 Å². The van der Waals surface area contributed by atoms with Gasteiger partial charge in [0, 0.05) is 59.6 Å². The number of amides is 1. The number of guanidine groups is 1. The van der Waals surface area contributed by atoms with Gasteiger partial charge >= 0.3 is 0 Å². The fourth-order valence-electron chi connectivity index (χ4n) is 3.12. The maximum absolute atomic E-state index is 12.1. The lowest BCUT2D eigenvalue weighted by molar-refractivity contribution is 0.0827. The third-order valence-electron chi connectivity index (χ3n) is 4.90. The van der Waals surface area contributed by atoms with Crippen LogP contribution < -0.4 is 15.5 Å². The number of hydrogen-bond acceptors (Lipinski definition) is 3. The van der Waals surface area contributed by atoms with E-state index in [9.17, 15) is 4.79 Å². The smallest absolute Gasteiger partial charge is 0.253 e. The Hall–Kier alpha value is -2.29. The van der Waals surface area contributed by atoms with Gasteiger partial charge in [-0.1, -0.05) is 24.3 Å². The van der Waals surface area contributed by atoms with Gasteiger partial charge in [0.2, 0.25) is 0 Å². The number of rotatable bonds is 9. The molecule has 0 aliphatic rings. The molecule has 2 N–H and O–H groups in total. The summed E-state index contributed by atoms with van der Waals surface area (Å²) >= 11 is 0. The lowest BCUT2D eigenvalue weighted by atomic mass is 10.1. The highest BCUT2D eigenvalue weighted by atomic mass is 127. The minimum Gasteiger partial charge on any atom is -0.378 e. The Kier molecular flexibility index (Phi) is 12.0. The summed E-state index contributed by atoms with van der Waals surface area (Å²) in [5.41, 5.74) is 4.42. The number of carbonyl (C=O) groups excluding carboxylic acids is 1. The van der Waals surface area contributed by atoms with Gasteiger partial charge in [-0.2, -0.15) is 0 Å². The molecule has 0 radical (unpaired) electrons. The summed E-state index contributed by atoms with van der Waals surface area (Å²) in [7, 11) is 9.43. The molecule has 0 fully saturated rings. The lowest BCUT2D eigenvalue weighted by Gasteiger charge is -2.14. The molecule has 0 spiro atoms. The van der Waals surface area contributed by atoms with E-state index >= 15 is 0 Å². The van der Waals surface area contributed by atoms with Crippen LogP contribution in [0.2, 0.25) is 0 Å². The minimum absolute atomic E-state index is 0. The van der Waals surface area contributed by atoms with E-state index in [0.29, 0.717) is 0 Å². The first-order valence-electron chi connectivity index (χ1n) is 10.4. The molecule has 0 bridgehead atoms. The SMILES string of the molecule is CN=C(NCCCc1ccc(N(C)C)cc1)NCCc1cccc(C(=O)N(C)C)c1.I. The third kappa shape index (κ3) is 9.16. The number of halogens is 1. The Morgan fingerprint density at radius 1 is 0.903 bits per heavy atom. The summed E-state index contributed by atoms with van der Waals surface area (Å²) in [4.78, 5) is 20.1. The Morgan fingerprint density at radius 2 is 1.58 bits per heavy atom. The Bertz CT molecular complexity index is 834. The summed E-state index contributed by atoms with van der Waals surface area (Å²) in [6, 6.07) is 16.5. The maximum Gasteiger partial charge on any atom is 0.253 e. The Morgan fingerprint density at radius 3 is 2.19 bits per heavy atom. The second kappa shape index (κ2) is 13.9. The first kappa shape index (κ1) is 26.7. The van der Waals surface area contributed by atoms with Crippen molar-refractivity contribution in [2.45, 2.75) is 19.3 Å². The predicted octanol–water partition coefficient (Wildman–Crippen LogP) is 3.41. The maximum atomic E-state index is 12.1. The van der Waals surface area contributed by atoms with Crippen molar-refractivity contribution < 1.29 is 4.79 Å². The van der Waals surface area contributed by atoms with Crippen molar-refractivity contribution >= 4 is 41.5 Å². The van der Waals surface area contributed by atoms with Crippen LogP contribution in [0.15, 0.2) is 53.5 Å². The molecule has 0 unspecified atom stereocenters. The number of hydrogen-bond donors (Lipinski definition) is 2. The molecule has 7 heteroatoms. The molecule has 2 aromatic carbocycles. The number of aliphatic imine (C=N–C) groups is 1. The van der Waals surface area contributed by atoms with Crippen molar-refractivity contribution in [3.05, 3.63) is 65.2 Å². The van der Waals surface area contributed by atoms with Gasteiger partial charge in [0.1, 0.15) is 0 Å². The zero-order valence-electron chi connectivity index (χ0n) is 19.3. The molecule has 0 saturated carbocycles. The van der Waals surface area contributed by atoms with Crippen LogP contribution in [0.3, 0.4) is 0 Å². The zero-order valence-corrected chi connectivity index (χ0v) is 21.6. The number of nitrogens with one attached hydrogen (secondary N) is 2.